The van der Waals surface area contributed by atoms with Crippen molar-refractivity contribution in [2.75, 3.05) is 39.4 Å². The summed E-state index contributed by atoms with van der Waals surface area (Å²) in [5.41, 5.74) is 1.02. The summed E-state index contributed by atoms with van der Waals surface area (Å²) >= 11 is 0. The van der Waals surface area contributed by atoms with E-state index in [0.29, 0.717) is 42.7 Å². The first-order valence-electron chi connectivity index (χ1n) is 12.1. The first-order chi connectivity index (χ1) is 16.5. The number of fused-ring (bicyclic) bond motifs is 2. The summed E-state index contributed by atoms with van der Waals surface area (Å²) in [5.74, 6) is 1.14. The normalized spacial score (nSPS) is 15.1. The van der Waals surface area contributed by atoms with Crippen LogP contribution >= 0.6 is 0 Å². The molecule has 0 aromatic heterocycles. The lowest BCUT2D eigenvalue weighted by molar-refractivity contribution is 0.171. The van der Waals surface area contributed by atoms with Crippen LogP contribution in [0.4, 0.5) is 0 Å². The second kappa shape index (κ2) is 11.3. The highest BCUT2D eigenvalue weighted by Gasteiger charge is 2.39. The van der Waals surface area contributed by atoms with Crippen LogP contribution < -0.4 is 9.47 Å². The molecule has 1 N–H and O–H groups in total. The maximum absolute atomic E-state index is 13.9. The molecule has 0 radical (unpaired) electrons. The lowest BCUT2D eigenvalue weighted by Gasteiger charge is -2.23. The third-order valence-corrected chi connectivity index (χ3v) is 8.25. The molecule has 3 aromatic rings. The molecule has 1 aliphatic rings. The van der Waals surface area contributed by atoms with Crippen molar-refractivity contribution in [3.8, 4) is 11.5 Å². The standard InChI is InChI=1S/C27H34N2O4S/c1-3-28(4-2)15-7-8-16-29(21-22-11-12-23-9-5-6-10-24(23)19-22)34(30,31)25-13-14-26-27(20-25)33-18-17-32-26/h5-6,9-14,19-20H,3-4,7-8,15-18,21H2,1-2H3/p+1. The fraction of sp³-hybridized carbons (Fsp3) is 0.407. The van der Waals surface area contributed by atoms with Gasteiger partial charge in [-0.15, -0.1) is 0 Å². The van der Waals surface area contributed by atoms with E-state index < -0.39 is 10.4 Å². The molecule has 0 amide bonds. The van der Waals surface area contributed by atoms with E-state index in [9.17, 15) is 8.76 Å². The SMILES string of the molecule is CCN(CC)CCCCN(Cc1ccc2ccccc2c1)[S+](=O)(O)c1ccc2c(c1)OCCO2. The number of hydrogen-bond donors (Lipinski definition) is 1. The molecule has 7 heteroatoms. The van der Waals surface area contributed by atoms with E-state index in [0.717, 1.165) is 48.8 Å². The van der Waals surface area contributed by atoms with E-state index in [4.69, 9.17) is 9.47 Å². The van der Waals surface area contributed by atoms with Crippen LogP contribution in [0.1, 0.15) is 32.3 Å². The van der Waals surface area contributed by atoms with Gasteiger partial charge in [0.1, 0.15) is 13.2 Å². The minimum atomic E-state index is -3.46. The summed E-state index contributed by atoms with van der Waals surface area (Å²) in [5, 5.41) is 2.29. The van der Waals surface area contributed by atoms with Gasteiger partial charge in [-0.25, -0.2) is 0 Å². The first kappa shape index (κ1) is 24.7. The van der Waals surface area contributed by atoms with Crippen LogP contribution in [0.5, 0.6) is 11.5 Å². The predicted octanol–water partition coefficient (Wildman–Crippen LogP) is 5.48. The Hall–Kier alpha value is -2.45. The molecule has 3 aromatic carbocycles. The van der Waals surface area contributed by atoms with E-state index in [1.54, 1.807) is 22.5 Å². The highest BCUT2D eigenvalue weighted by Crippen LogP contribution is 2.35. The number of ether oxygens (including phenoxy) is 2. The third-order valence-electron chi connectivity index (χ3n) is 6.37. The molecule has 0 fully saturated rings. The molecule has 1 atom stereocenters. The zero-order chi connectivity index (χ0) is 24.0. The van der Waals surface area contributed by atoms with Gasteiger partial charge in [0.05, 0.1) is 6.54 Å². The van der Waals surface area contributed by atoms with E-state index in [1.165, 1.54) is 0 Å². The predicted molar refractivity (Wildman–Crippen MR) is 138 cm³/mol. The number of benzene rings is 3. The zero-order valence-electron chi connectivity index (χ0n) is 20.1. The lowest BCUT2D eigenvalue weighted by atomic mass is 10.1. The topological polar surface area (TPSA) is 62.2 Å². The van der Waals surface area contributed by atoms with Crippen molar-refractivity contribution in [2.45, 2.75) is 38.1 Å². The van der Waals surface area contributed by atoms with Gasteiger partial charge in [0.2, 0.25) is 4.90 Å². The lowest BCUT2D eigenvalue weighted by Crippen LogP contribution is -2.37. The fourth-order valence-electron chi connectivity index (χ4n) is 4.33. The summed E-state index contributed by atoms with van der Waals surface area (Å²) in [6.07, 6.45) is 1.82. The molecule has 182 valence electrons. The number of nitrogens with zero attached hydrogens (tertiary/aromatic N) is 2. The van der Waals surface area contributed by atoms with Crippen LogP contribution in [0.15, 0.2) is 65.6 Å². The molecular formula is C27H35N2O4S+. The minimum absolute atomic E-state index is 0.348. The highest BCUT2D eigenvalue weighted by atomic mass is 32.3. The number of unbranched alkanes of at least 4 members (excludes halogenated alkanes) is 1. The molecule has 0 aliphatic carbocycles. The summed E-state index contributed by atoms with van der Waals surface area (Å²) in [4.78, 5) is 2.73. The van der Waals surface area contributed by atoms with Gasteiger partial charge in [-0.1, -0.05) is 54.6 Å². The van der Waals surface area contributed by atoms with Gasteiger partial charge in [0, 0.05) is 18.7 Å². The average Bonchev–Trinajstić information content (AvgIpc) is 2.87. The van der Waals surface area contributed by atoms with Gasteiger partial charge in [-0.3, -0.25) is 0 Å². The first-order valence-corrected chi connectivity index (χ1v) is 13.6. The van der Waals surface area contributed by atoms with Gasteiger partial charge < -0.3 is 14.4 Å². The Labute approximate surface area is 203 Å². The van der Waals surface area contributed by atoms with Crippen molar-refractivity contribution >= 4 is 21.2 Å². The van der Waals surface area contributed by atoms with E-state index >= 15 is 0 Å². The molecule has 0 saturated carbocycles. The molecule has 1 unspecified atom stereocenters. The Balaban J connectivity index is 1.57. The van der Waals surface area contributed by atoms with E-state index in [-0.39, 0.29) is 0 Å². The average molecular weight is 484 g/mol. The zero-order valence-corrected chi connectivity index (χ0v) is 20.9. The summed E-state index contributed by atoms with van der Waals surface area (Å²) in [7, 11) is -3.46. The molecule has 4 rings (SSSR count). The summed E-state index contributed by atoms with van der Waals surface area (Å²) in [6.45, 7) is 9.20. The van der Waals surface area contributed by atoms with Crippen molar-refractivity contribution in [1.82, 2.24) is 9.21 Å². The van der Waals surface area contributed by atoms with Gasteiger partial charge in [-0.05, 0) is 65.2 Å². The molecule has 1 heterocycles. The van der Waals surface area contributed by atoms with Crippen LogP contribution in [0.3, 0.4) is 0 Å². The van der Waals surface area contributed by atoms with Crippen LogP contribution in [-0.2, 0) is 21.2 Å². The molecule has 1 aliphatic heterocycles. The maximum atomic E-state index is 13.9. The summed E-state index contributed by atoms with van der Waals surface area (Å²) in [6, 6.07) is 19.5. The quantitative estimate of drug-likeness (QED) is 0.289. The van der Waals surface area contributed by atoms with Gasteiger partial charge in [0.15, 0.2) is 11.5 Å². The monoisotopic (exact) mass is 483 g/mol. The van der Waals surface area contributed by atoms with Crippen LogP contribution in [0.2, 0.25) is 0 Å². The molecule has 0 spiro atoms. The Morgan fingerprint density at radius 1 is 0.853 bits per heavy atom. The Kier molecular flexibility index (Phi) is 8.21. The van der Waals surface area contributed by atoms with Crippen molar-refractivity contribution in [3.63, 3.8) is 0 Å². The molecule has 0 bridgehead atoms. The minimum Gasteiger partial charge on any atom is -0.486 e. The van der Waals surface area contributed by atoms with Gasteiger partial charge in [-0.2, -0.15) is 4.55 Å². The number of hydrogen-bond acceptors (Lipinski definition) is 4. The highest BCUT2D eigenvalue weighted by molar-refractivity contribution is 7.95. The second-order valence-corrected chi connectivity index (χ2v) is 10.6. The van der Waals surface area contributed by atoms with Crippen LogP contribution in [0.25, 0.3) is 10.8 Å². The third kappa shape index (κ3) is 5.78. The van der Waals surface area contributed by atoms with Crippen molar-refractivity contribution in [1.29, 1.82) is 0 Å². The Bertz CT molecular complexity index is 1150. The molecule has 6 nitrogen and oxygen atoms in total. The number of rotatable bonds is 11. The fourth-order valence-corrected chi connectivity index (χ4v) is 5.84. The smallest absolute Gasteiger partial charge is 0.326 e. The molecule has 0 saturated heterocycles. The van der Waals surface area contributed by atoms with Crippen molar-refractivity contribution < 1.29 is 18.2 Å². The second-order valence-electron chi connectivity index (χ2n) is 8.58. The largest absolute Gasteiger partial charge is 0.486 e. The molecular weight excluding hydrogens is 448 g/mol. The maximum Gasteiger partial charge on any atom is 0.326 e. The van der Waals surface area contributed by atoms with Crippen molar-refractivity contribution in [2.24, 2.45) is 0 Å². The van der Waals surface area contributed by atoms with Gasteiger partial charge >= 0.3 is 10.4 Å². The van der Waals surface area contributed by atoms with Crippen molar-refractivity contribution in [3.05, 3.63) is 66.2 Å². The summed E-state index contributed by atoms with van der Waals surface area (Å²) < 4.78 is 38.2. The Morgan fingerprint density at radius 2 is 1.56 bits per heavy atom. The van der Waals surface area contributed by atoms with Crippen LogP contribution in [-0.4, -0.2) is 53.2 Å². The van der Waals surface area contributed by atoms with E-state index in [2.05, 4.69) is 43.0 Å². The van der Waals surface area contributed by atoms with Gasteiger partial charge in [0.25, 0.3) is 0 Å². The van der Waals surface area contributed by atoms with E-state index in [1.807, 2.05) is 18.2 Å². The Morgan fingerprint density at radius 3 is 2.32 bits per heavy atom. The van der Waals surface area contributed by atoms with Crippen LogP contribution in [0, 0.1) is 0 Å². The molecule has 34 heavy (non-hydrogen) atoms.